The third kappa shape index (κ3) is 4.74. The molecule has 0 aliphatic carbocycles. The predicted molar refractivity (Wildman–Crippen MR) is 105 cm³/mol. The molecule has 26 heavy (non-hydrogen) atoms. The first-order valence-electron chi connectivity index (χ1n) is 8.91. The summed E-state index contributed by atoms with van der Waals surface area (Å²) in [6.07, 6.45) is 4.13. The Morgan fingerprint density at radius 3 is 2.65 bits per heavy atom. The van der Waals surface area contributed by atoms with Crippen molar-refractivity contribution in [1.82, 2.24) is 14.8 Å². The minimum Gasteiger partial charge on any atom is -0.490 e. The van der Waals surface area contributed by atoms with E-state index in [1.54, 1.807) is 29.5 Å². The Labute approximate surface area is 158 Å². The maximum absolute atomic E-state index is 12.4. The predicted octanol–water partition coefficient (Wildman–Crippen LogP) is 3.84. The van der Waals surface area contributed by atoms with E-state index in [1.165, 1.54) is 0 Å². The second-order valence-electron chi connectivity index (χ2n) is 6.73. The molecule has 1 unspecified atom stereocenters. The second-order valence-corrected chi connectivity index (χ2v) is 7.66. The largest absolute Gasteiger partial charge is 0.490 e. The van der Waals surface area contributed by atoms with Gasteiger partial charge in [0.25, 0.3) is 0 Å². The zero-order valence-corrected chi connectivity index (χ0v) is 16.3. The van der Waals surface area contributed by atoms with Crippen LogP contribution in [0.15, 0.2) is 35.8 Å². The molecule has 1 fully saturated rings. The number of thiazole rings is 1. The SMILES string of the molecule is CC(c1nccs1)N(C)C(=O)Nc1ccc(OC2CCN(C)CC2)cc1. The molecule has 1 aliphatic rings. The Kier molecular flexibility index (Phi) is 6.11. The molecule has 1 aromatic heterocycles. The molecular weight excluding hydrogens is 348 g/mol. The zero-order valence-electron chi connectivity index (χ0n) is 15.5. The minimum atomic E-state index is -0.156. The molecule has 1 aromatic carbocycles. The van der Waals surface area contributed by atoms with Gasteiger partial charge >= 0.3 is 6.03 Å². The number of nitrogens with one attached hydrogen (secondary N) is 1. The van der Waals surface area contributed by atoms with Crippen molar-refractivity contribution < 1.29 is 9.53 Å². The molecule has 0 spiro atoms. The minimum absolute atomic E-state index is 0.0676. The lowest BCUT2D eigenvalue weighted by molar-refractivity contribution is 0.114. The summed E-state index contributed by atoms with van der Waals surface area (Å²) >= 11 is 1.55. The van der Waals surface area contributed by atoms with Crippen LogP contribution in [-0.4, -0.2) is 54.1 Å². The van der Waals surface area contributed by atoms with Gasteiger partial charge in [0, 0.05) is 37.4 Å². The summed E-state index contributed by atoms with van der Waals surface area (Å²) in [6.45, 7) is 4.11. The van der Waals surface area contributed by atoms with Gasteiger partial charge in [-0.25, -0.2) is 9.78 Å². The fraction of sp³-hybridized carbons (Fsp3) is 0.474. The Morgan fingerprint density at radius 1 is 1.35 bits per heavy atom. The van der Waals surface area contributed by atoms with Gasteiger partial charge in [-0.1, -0.05) is 0 Å². The summed E-state index contributed by atoms with van der Waals surface area (Å²) in [4.78, 5) is 20.7. The Bertz CT molecular complexity index is 697. The van der Waals surface area contributed by atoms with Crippen molar-refractivity contribution in [3.8, 4) is 5.75 Å². The number of amides is 2. The van der Waals surface area contributed by atoms with Gasteiger partial charge in [0.05, 0.1) is 6.04 Å². The highest BCUT2D eigenvalue weighted by Gasteiger charge is 2.20. The number of nitrogens with zero attached hydrogens (tertiary/aromatic N) is 3. The fourth-order valence-electron chi connectivity index (χ4n) is 2.91. The van der Waals surface area contributed by atoms with E-state index in [4.69, 9.17) is 4.74 Å². The van der Waals surface area contributed by atoms with E-state index in [1.807, 2.05) is 36.6 Å². The molecule has 1 aliphatic heterocycles. The molecule has 2 heterocycles. The van der Waals surface area contributed by atoms with Gasteiger partial charge < -0.3 is 19.9 Å². The Hall–Kier alpha value is -2.12. The maximum atomic E-state index is 12.4. The number of carbonyl (C=O) groups is 1. The molecule has 1 atom stereocenters. The monoisotopic (exact) mass is 374 g/mol. The van der Waals surface area contributed by atoms with Crippen LogP contribution in [0.5, 0.6) is 5.75 Å². The quantitative estimate of drug-likeness (QED) is 0.864. The van der Waals surface area contributed by atoms with Crippen LogP contribution >= 0.6 is 11.3 Å². The molecule has 1 saturated heterocycles. The highest BCUT2D eigenvalue weighted by atomic mass is 32.1. The molecule has 7 heteroatoms. The van der Waals surface area contributed by atoms with Crippen molar-refractivity contribution in [2.45, 2.75) is 31.9 Å². The highest BCUT2D eigenvalue weighted by Crippen LogP contribution is 2.23. The zero-order chi connectivity index (χ0) is 18.5. The topological polar surface area (TPSA) is 57.7 Å². The molecule has 3 rings (SSSR count). The number of hydrogen-bond donors (Lipinski definition) is 1. The van der Waals surface area contributed by atoms with Gasteiger partial charge in [-0.2, -0.15) is 0 Å². The lowest BCUT2D eigenvalue weighted by atomic mass is 10.1. The first-order valence-corrected chi connectivity index (χ1v) is 9.79. The van der Waals surface area contributed by atoms with Crippen LogP contribution in [0.25, 0.3) is 0 Å². The first kappa shape index (κ1) is 18.7. The van der Waals surface area contributed by atoms with Crippen LogP contribution in [-0.2, 0) is 0 Å². The number of rotatable bonds is 5. The second kappa shape index (κ2) is 8.51. The van der Waals surface area contributed by atoms with E-state index in [0.29, 0.717) is 0 Å². The third-order valence-electron chi connectivity index (χ3n) is 4.78. The van der Waals surface area contributed by atoms with Gasteiger partial charge in [0.1, 0.15) is 16.9 Å². The number of benzene rings is 1. The van der Waals surface area contributed by atoms with Crippen molar-refractivity contribution in [3.05, 3.63) is 40.8 Å². The van der Waals surface area contributed by atoms with Crippen LogP contribution in [0, 0.1) is 0 Å². The van der Waals surface area contributed by atoms with Crippen molar-refractivity contribution in [2.24, 2.45) is 0 Å². The van der Waals surface area contributed by atoms with E-state index < -0.39 is 0 Å². The van der Waals surface area contributed by atoms with Gasteiger partial charge in [-0.3, -0.25) is 0 Å². The van der Waals surface area contributed by atoms with Crippen LogP contribution in [0.1, 0.15) is 30.8 Å². The van der Waals surface area contributed by atoms with E-state index >= 15 is 0 Å². The van der Waals surface area contributed by atoms with Crippen LogP contribution in [0.4, 0.5) is 10.5 Å². The number of urea groups is 1. The van der Waals surface area contributed by atoms with Crippen LogP contribution in [0.3, 0.4) is 0 Å². The number of hydrogen-bond acceptors (Lipinski definition) is 5. The van der Waals surface area contributed by atoms with Gasteiger partial charge in [-0.05, 0) is 51.1 Å². The van der Waals surface area contributed by atoms with Crippen molar-refractivity contribution >= 4 is 23.1 Å². The third-order valence-corrected chi connectivity index (χ3v) is 5.73. The van der Waals surface area contributed by atoms with Crippen molar-refractivity contribution in [2.75, 3.05) is 32.5 Å². The summed E-state index contributed by atoms with van der Waals surface area (Å²) in [5, 5.41) is 5.76. The number of ether oxygens (including phenoxy) is 1. The van der Waals surface area contributed by atoms with Gasteiger partial charge in [-0.15, -0.1) is 11.3 Å². The molecule has 1 N–H and O–H groups in total. The molecule has 6 nitrogen and oxygen atoms in total. The lowest BCUT2D eigenvalue weighted by Gasteiger charge is -2.29. The van der Waals surface area contributed by atoms with E-state index in [0.717, 1.165) is 42.4 Å². The maximum Gasteiger partial charge on any atom is 0.322 e. The number of likely N-dealkylation sites (tertiary alicyclic amines) is 1. The van der Waals surface area contributed by atoms with E-state index in [9.17, 15) is 4.79 Å². The average Bonchev–Trinajstić information content (AvgIpc) is 3.18. The van der Waals surface area contributed by atoms with Crippen molar-refractivity contribution in [1.29, 1.82) is 0 Å². The van der Waals surface area contributed by atoms with Crippen molar-refractivity contribution in [3.63, 3.8) is 0 Å². The summed E-state index contributed by atoms with van der Waals surface area (Å²) in [5.74, 6) is 0.849. The normalized spacial score (nSPS) is 16.9. The first-order chi connectivity index (χ1) is 12.5. The smallest absolute Gasteiger partial charge is 0.322 e. The molecule has 0 bridgehead atoms. The lowest BCUT2D eigenvalue weighted by Crippen LogP contribution is -2.35. The molecule has 0 saturated carbocycles. The summed E-state index contributed by atoms with van der Waals surface area (Å²) < 4.78 is 6.04. The molecular formula is C19H26N4O2S. The van der Waals surface area contributed by atoms with Gasteiger partial charge in [0.2, 0.25) is 0 Å². The fourth-order valence-corrected chi connectivity index (χ4v) is 3.64. The molecule has 0 radical (unpaired) electrons. The van der Waals surface area contributed by atoms with E-state index in [-0.39, 0.29) is 18.2 Å². The Morgan fingerprint density at radius 2 is 2.04 bits per heavy atom. The average molecular weight is 375 g/mol. The summed E-state index contributed by atoms with van der Waals surface area (Å²) in [5.41, 5.74) is 0.754. The standard InChI is InChI=1S/C19H26N4O2S/c1-14(18-20-10-13-26-18)23(3)19(24)21-15-4-6-16(7-5-15)25-17-8-11-22(2)12-9-17/h4-7,10,13-14,17H,8-9,11-12H2,1-3H3,(H,21,24). The number of carbonyl (C=O) groups excluding carboxylic acids is 1. The molecule has 2 amide bonds. The number of piperidine rings is 1. The van der Waals surface area contributed by atoms with E-state index in [2.05, 4.69) is 22.2 Å². The molecule has 140 valence electrons. The highest BCUT2D eigenvalue weighted by molar-refractivity contribution is 7.09. The summed E-state index contributed by atoms with van der Waals surface area (Å²) in [7, 11) is 3.92. The summed E-state index contributed by atoms with van der Waals surface area (Å²) in [6, 6.07) is 7.36. The van der Waals surface area contributed by atoms with Gasteiger partial charge in [0.15, 0.2) is 0 Å². The molecule has 2 aromatic rings. The Balaban J connectivity index is 1.52. The number of aromatic nitrogens is 1. The number of anilines is 1. The van der Waals surface area contributed by atoms with Crippen LogP contribution < -0.4 is 10.1 Å². The van der Waals surface area contributed by atoms with Crippen LogP contribution in [0.2, 0.25) is 0 Å².